The van der Waals surface area contributed by atoms with Crippen LogP contribution in [0.25, 0.3) is 0 Å². The zero-order valence-corrected chi connectivity index (χ0v) is 11.9. The molecule has 1 heterocycles. The summed E-state index contributed by atoms with van der Waals surface area (Å²) in [4.78, 5) is 0. The van der Waals surface area contributed by atoms with Crippen LogP contribution in [0, 0.1) is 0 Å². The summed E-state index contributed by atoms with van der Waals surface area (Å²) in [5.74, 6) is 0. The van der Waals surface area contributed by atoms with Crippen molar-refractivity contribution >= 4 is 0 Å². The summed E-state index contributed by atoms with van der Waals surface area (Å²) < 4.78 is 5.21. The maximum atomic E-state index is 10.0. The summed E-state index contributed by atoms with van der Waals surface area (Å²) in [5.41, 5.74) is 0.148. The molecule has 0 aromatic carbocycles. The summed E-state index contributed by atoms with van der Waals surface area (Å²) in [6.07, 6.45) is -6.26. The van der Waals surface area contributed by atoms with Crippen molar-refractivity contribution in [2.24, 2.45) is 0 Å². The van der Waals surface area contributed by atoms with Crippen molar-refractivity contribution in [1.29, 1.82) is 0 Å². The normalized spacial score (nSPS) is 46.4. The molecule has 0 radical (unpaired) electrons. The number of rotatable bonds is 4. The molecule has 1 aliphatic heterocycles. The molecule has 1 saturated heterocycles. The Morgan fingerprint density at radius 2 is 1.68 bits per heavy atom. The summed E-state index contributed by atoms with van der Waals surface area (Å²) in [6.45, 7) is -0.938. The second-order valence-electron chi connectivity index (χ2n) is 5.66. The Morgan fingerprint density at radius 3 is 2.27 bits per heavy atom. The predicted molar refractivity (Wildman–Crippen MR) is 72.7 cm³/mol. The molecule has 0 amide bonds. The zero-order chi connectivity index (χ0) is 16.4. The number of ether oxygens (including phenoxy) is 1. The maximum Gasteiger partial charge on any atom is 0.111 e. The fraction of sp³-hybridized carbons (Fsp3) is 0.846. The van der Waals surface area contributed by atoms with Crippen molar-refractivity contribution in [3.8, 4) is 0 Å². The van der Waals surface area contributed by atoms with Crippen LogP contribution in [0.5, 0.6) is 0 Å². The SMILES string of the molecule is OCC1=C[C@H](N[C@@H]2CO[C@@H](CO)[C@H](O)[C@H]2O)[C@H](O)[C@@H](O)[C@@H]1O. The maximum absolute atomic E-state index is 10.0. The third-order valence-electron chi connectivity index (χ3n) is 4.22. The fourth-order valence-electron chi connectivity index (χ4n) is 2.78. The third-order valence-corrected chi connectivity index (χ3v) is 4.22. The standard InChI is InChI=1S/C13H23NO8/c15-2-5-1-6(10(18)13(21)9(5)17)14-7-4-22-8(3-16)12(20)11(7)19/h1,6-21H,2-4H2/t6-,7+,8-,9+,10-,11-,12-,13-/m0/s1. The van der Waals surface area contributed by atoms with E-state index in [0.717, 1.165) is 0 Å². The van der Waals surface area contributed by atoms with Gasteiger partial charge in [-0.2, -0.15) is 0 Å². The molecular weight excluding hydrogens is 298 g/mol. The Bertz CT molecular complexity index is 406. The van der Waals surface area contributed by atoms with E-state index < -0.39 is 61.9 Å². The average Bonchev–Trinajstić information content (AvgIpc) is 2.52. The first-order valence-corrected chi connectivity index (χ1v) is 7.11. The fourth-order valence-corrected chi connectivity index (χ4v) is 2.78. The van der Waals surface area contributed by atoms with Crippen LogP contribution in [0.3, 0.4) is 0 Å². The quantitative estimate of drug-likeness (QED) is 0.238. The molecular formula is C13H23NO8. The molecule has 0 bridgehead atoms. The molecule has 0 aromatic rings. The van der Waals surface area contributed by atoms with Gasteiger partial charge in [-0.3, -0.25) is 0 Å². The van der Waals surface area contributed by atoms with Crippen LogP contribution in [0.1, 0.15) is 0 Å². The van der Waals surface area contributed by atoms with E-state index in [-0.39, 0.29) is 12.2 Å². The number of hydrogen-bond acceptors (Lipinski definition) is 9. The number of aliphatic hydroxyl groups excluding tert-OH is 7. The highest BCUT2D eigenvalue weighted by Crippen LogP contribution is 2.22. The highest BCUT2D eigenvalue weighted by Gasteiger charge is 2.42. The summed E-state index contributed by atoms with van der Waals surface area (Å²) in [6, 6.07) is -1.60. The van der Waals surface area contributed by atoms with E-state index in [9.17, 15) is 25.5 Å². The lowest BCUT2D eigenvalue weighted by atomic mass is 9.87. The van der Waals surface area contributed by atoms with Crippen molar-refractivity contribution in [2.75, 3.05) is 19.8 Å². The van der Waals surface area contributed by atoms with Crippen molar-refractivity contribution in [2.45, 2.75) is 48.7 Å². The van der Waals surface area contributed by atoms with E-state index in [2.05, 4.69) is 5.32 Å². The lowest BCUT2D eigenvalue weighted by Crippen LogP contribution is -2.64. The molecule has 9 heteroatoms. The molecule has 9 nitrogen and oxygen atoms in total. The van der Waals surface area contributed by atoms with Crippen molar-refractivity contribution in [1.82, 2.24) is 5.32 Å². The second-order valence-corrected chi connectivity index (χ2v) is 5.66. The van der Waals surface area contributed by atoms with Gasteiger partial charge in [-0.1, -0.05) is 6.08 Å². The highest BCUT2D eigenvalue weighted by atomic mass is 16.5. The molecule has 0 saturated carbocycles. The minimum atomic E-state index is -1.48. The first kappa shape index (κ1) is 17.7. The van der Waals surface area contributed by atoms with Crippen LogP contribution in [-0.4, -0.2) is 104 Å². The van der Waals surface area contributed by atoms with E-state index >= 15 is 0 Å². The van der Waals surface area contributed by atoms with Gasteiger partial charge < -0.3 is 45.8 Å². The van der Waals surface area contributed by atoms with Crippen molar-refractivity contribution in [3.05, 3.63) is 11.6 Å². The van der Waals surface area contributed by atoms with Crippen LogP contribution in [0.4, 0.5) is 0 Å². The van der Waals surface area contributed by atoms with Gasteiger partial charge in [0.05, 0.1) is 31.9 Å². The molecule has 1 fully saturated rings. The lowest BCUT2D eigenvalue weighted by molar-refractivity contribution is -0.165. The van der Waals surface area contributed by atoms with Gasteiger partial charge in [0.2, 0.25) is 0 Å². The predicted octanol–water partition coefficient (Wildman–Crippen LogP) is -4.56. The van der Waals surface area contributed by atoms with Crippen molar-refractivity contribution < 1.29 is 40.5 Å². The first-order chi connectivity index (χ1) is 10.4. The lowest BCUT2D eigenvalue weighted by Gasteiger charge is -2.41. The Balaban J connectivity index is 2.08. The number of aliphatic hydroxyl groups is 7. The Labute approximate surface area is 127 Å². The van der Waals surface area contributed by atoms with Gasteiger partial charge >= 0.3 is 0 Å². The molecule has 2 rings (SSSR count). The van der Waals surface area contributed by atoms with Gasteiger partial charge in [-0.25, -0.2) is 0 Å². The minimum Gasteiger partial charge on any atom is -0.394 e. The molecule has 0 spiro atoms. The van der Waals surface area contributed by atoms with Gasteiger partial charge in [0.1, 0.15) is 36.6 Å². The van der Waals surface area contributed by atoms with Crippen molar-refractivity contribution in [3.63, 3.8) is 0 Å². The van der Waals surface area contributed by atoms with E-state index in [0.29, 0.717) is 0 Å². The van der Waals surface area contributed by atoms with E-state index in [1.807, 2.05) is 0 Å². The van der Waals surface area contributed by atoms with Gasteiger partial charge in [-0.05, 0) is 5.57 Å². The number of nitrogens with one attached hydrogen (secondary N) is 1. The Hall–Kier alpha value is -0.620. The second kappa shape index (κ2) is 7.30. The van der Waals surface area contributed by atoms with Crippen LogP contribution < -0.4 is 5.32 Å². The first-order valence-electron chi connectivity index (χ1n) is 7.11. The molecule has 128 valence electrons. The van der Waals surface area contributed by atoms with E-state index in [4.69, 9.17) is 14.9 Å². The molecule has 0 unspecified atom stereocenters. The molecule has 1 aliphatic carbocycles. The van der Waals surface area contributed by atoms with Gasteiger partial charge in [-0.15, -0.1) is 0 Å². The van der Waals surface area contributed by atoms with Crippen LogP contribution >= 0.6 is 0 Å². The minimum absolute atomic E-state index is 0.0202. The Kier molecular flexibility index (Phi) is 5.88. The summed E-state index contributed by atoms with van der Waals surface area (Å²) in [5, 5.41) is 70.3. The summed E-state index contributed by atoms with van der Waals surface area (Å²) >= 11 is 0. The van der Waals surface area contributed by atoms with E-state index in [1.165, 1.54) is 6.08 Å². The monoisotopic (exact) mass is 321 g/mol. The molecule has 8 atom stereocenters. The third kappa shape index (κ3) is 3.32. The van der Waals surface area contributed by atoms with Crippen LogP contribution in [0.2, 0.25) is 0 Å². The molecule has 2 aliphatic rings. The summed E-state index contributed by atoms with van der Waals surface area (Å²) in [7, 11) is 0. The van der Waals surface area contributed by atoms with Crippen LogP contribution in [-0.2, 0) is 4.74 Å². The van der Waals surface area contributed by atoms with E-state index in [1.54, 1.807) is 0 Å². The average molecular weight is 321 g/mol. The van der Waals surface area contributed by atoms with Gasteiger partial charge in [0.15, 0.2) is 0 Å². The topological polar surface area (TPSA) is 163 Å². The van der Waals surface area contributed by atoms with Gasteiger partial charge in [0.25, 0.3) is 0 Å². The molecule has 22 heavy (non-hydrogen) atoms. The highest BCUT2D eigenvalue weighted by molar-refractivity contribution is 5.22. The Morgan fingerprint density at radius 1 is 1.00 bits per heavy atom. The van der Waals surface area contributed by atoms with Crippen LogP contribution in [0.15, 0.2) is 11.6 Å². The molecule has 8 N–H and O–H groups in total. The molecule has 0 aromatic heterocycles. The zero-order valence-electron chi connectivity index (χ0n) is 11.9. The largest absolute Gasteiger partial charge is 0.394 e. The smallest absolute Gasteiger partial charge is 0.111 e. The number of hydrogen-bond donors (Lipinski definition) is 8. The van der Waals surface area contributed by atoms with Gasteiger partial charge in [0, 0.05) is 0 Å².